The van der Waals surface area contributed by atoms with Crippen LogP contribution in [-0.4, -0.2) is 26.2 Å². The second kappa shape index (κ2) is 6.78. The van der Waals surface area contributed by atoms with Crippen LogP contribution in [0.5, 0.6) is 17.2 Å². The van der Waals surface area contributed by atoms with Gasteiger partial charge in [0, 0.05) is 21.5 Å². The number of amidine groups is 1. The Morgan fingerprint density at radius 1 is 1.33 bits per heavy atom. The first kappa shape index (κ1) is 16.7. The maximum Gasteiger partial charge on any atom is 0.167 e. The van der Waals surface area contributed by atoms with Gasteiger partial charge in [0.1, 0.15) is 23.9 Å². The summed E-state index contributed by atoms with van der Waals surface area (Å²) in [4.78, 5) is 0. The first-order chi connectivity index (χ1) is 11.5. The molecule has 0 saturated heterocycles. The smallest absolute Gasteiger partial charge is 0.167 e. The lowest BCUT2D eigenvalue weighted by molar-refractivity contribution is 0.159. The van der Waals surface area contributed by atoms with E-state index in [9.17, 15) is 4.39 Å². The van der Waals surface area contributed by atoms with E-state index in [4.69, 9.17) is 25.4 Å². The molecule has 7 heteroatoms. The van der Waals surface area contributed by atoms with Crippen molar-refractivity contribution in [2.75, 3.05) is 20.3 Å². The van der Waals surface area contributed by atoms with Crippen molar-refractivity contribution in [3.8, 4) is 17.2 Å². The van der Waals surface area contributed by atoms with E-state index in [2.05, 4.69) is 15.9 Å². The molecule has 1 aliphatic rings. The molecule has 0 aromatic heterocycles. The fourth-order valence-electron chi connectivity index (χ4n) is 2.71. The number of methoxy groups -OCH3 is 1. The highest BCUT2D eigenvalue weighted by atomic mass is 79.9. The molecule has 2 aromatic carbocycles. The lowest BCUT2D eigenvalue weighted by atomic mass is 9.88. The third kappa shape index (κ3) is 3.22. The number of hydrogen-bond acceptors (Lipinski definition) is 4. The molecule has 0 saturated carbocycles. The molecular formula is C17H16BrFN2O3. The summed E-state index contributed by atoms with van der Waals surface area (Å²) >= 11 is 3.31. The van der Waals surface area contributed by atoms with Gasteiger partial charge in [0.2, 0.25) is 0 Å². The minimum atomic E-state index is -0.447. The highest BCUT2D eigenvalue weighted by Crippen LogP contribution is 2.47. The molecule has 0 spiro atoms. The van der Waals surface area contributed by atoms with Gasteiger partial charge in [-0.3, -0.25) is 5.41 Å². The molecule has 1 atom stereocenters. The van der Waals surface area contributed by atoms with Crippen molar-refractivity contribution in [3.63, 3.8) is 0 Å². The van der Waals surface area contributed by atoms with E-state index in [1.807, 2.05) is 12.1 Å². The fraction of sp³-hybridized carbons (Fsp3) is 0.235. The average molecular weight is 395 g/mol. The average Bonchev–Trinajstić information content (AvgIpc) is 2.54. The van der Waals surface area contributed by atoms with Gasteiger partial charge in [0.15, 0.2) is 11.6 Å². The minimum Gasteiger partial charge on any atom is -0.497 e. The van der Waals surface area contributed by atoms with Gasteiger partial charge in [-0.05, 0) is 30.3 Å². The number of ether oxygens (including phenoxy) is 3. The minimum absolute atomic E-state index is 0.0163. The number of rotatable bonds is 5. The summed E-state index contributed by atoms with van der Waals surface area (Å²) in [5.41, 5.74) is 6.85. The van der Waals surface area contributed by atoms with Gasteiger partial charge in [-0.1, -0.05) is 15.9 Å². The summed E-state index contributed by atoms with van der Waals surface area (Å²) in [6.07, 6.45) is 0. The predicted octanol–water partition coefficient (Wildman–Crippen LogP) is 3.79. The molecule has 0 aliphatic carbocycles. The maximum absolute atomic E-state index is 14.3. The van der Waals surface area contributed by atoms with E-state index in [0.29, 0.717) is 21.5 Å². The van der Waals surface area contributed by atoms with E-state index >= 15 is 0 Å². The van der Waals surface area contributed by atoms with Gasteiger partial charge < -0.3 is 19.9 Å². The summed E-state index contributed by atoms with van der Waals surface area (Å²) in [6.45, 7) is 0.258. The van der Waals surface area contributed by atoms with E-state index in [1.54, 1.807) is 19.2 Å². The van der Waals surface area contributed by atoms with Crippen LogP contribution in [0, 0.1) is 11.2 Å². The lowest BCUT2D eigenvalue weighted by Crippen LogP contribution is -2.22. The van der Waals surface area contributed by atoms with Crippen molar-refractivity contribution >= 4 is 21.8 Å². The van der Waals surface area contributed by atoms with E-state index in [1.165, 1.54) is 6.07 Å². The van der Waals surface area contributed by atoms with Gasteiger partial charge in [-0.2, -0.15) is 0 Å². The van der Waals surface area contributed by atoms with Crippen molar-refractivity contribution < 1.29 is 18.6 Å². The van der Waals surface area contributed by atoms with E-state index in [-0.39, 0.29) is 30.7 Å². The number of nitrogens with two attached hydrogens (primary N) is 1. The second-order valence-electron chi connectivity index (χ2n) is 5.40. The topological polar surface area (TPSA) is 77.6 Å². The third-order valence-corrected chi connectivity index (χ3v) is 4.22. The normalized spacial score (nSPS) is 15.2. The van der Waals surface area contributed by atoms with Crippen molar-refractivity contribution in [1.29, 1.82) is 5.41 Å². The van der Waals surface area contributed by atoms with E-state index in [0.717, 1.165) is 5.56 Å². The zero-order chi connectivity index (χ0) is 17.3. The summed E-state index contributed by atoms with van der Waals surface area (Å²) in [7, 11) is 1.58. The monoisotopic (exact) mass is 394 g/mol. The molecule has 0 bridgehead atoms. The number of fused-ring (bicyclic) bond motifs is 2. The van der Waals surface area contributed by atoms with Crippen LogP contribution in [-0.2, 0) is 4.74 Å². The molecule has 1 aliphatic heterocycles. The molecule has 1 heterocycles. The van der Waals surface area contributed by atoms with Crippen molar-refractivity contribution in [2.45, 2.75) is 5.92 Å². The van der Waals surface area contributed by atoms with Crippen molar-refractivity contribution in [2.24, 2.45) is 5.73 Å². The third-order valence-electron chi connectivity index (χ3n) is 3.76. The highest BCUT2D eigenvalue weighted by molar-refractivity contribution is 9.10. The quantitative estimate of drug-likeness (QED) is 0.597. The Kier molecular flexibility index (Phi) is 4.73. The molecule has 0 amide bonds. The molecule has 1 unspecified atom stereocenters. The van der Waals surface area contributed by atoms with Crippen LogP contribution < -0.4 is 15.2 Å². The van der Waals surface area contributed by atoms with Gasteiger partial charge >= 0.3 is 0 Å². The molecule has 0 fully saturated rings. The summed E-state index contributed by atoms with van der Waals surface area (Å²) in [6, 6.07) is 8.52. The van der Waals surface area contributed by atoms with Crippen LogP contribution in [0.4, 0.5) is 4.39 Å². The van der Waals surface area contributed by atoms with E-state index < -0.39 is 5.82 Å². The Morgan fingerprint density at radius 2 is 2.12 bits per heavy atom. The van der Waals surface area contributed by atoms with Gasteiger partial charge in [-0.15, -0.1) is 0 Å². The molecule has 126 valence electrons. The molecule has 3 rings (SSSR count). The van der Waals surface area contributed by atoms with Gasteiger partial charge in [0.05, 0.1) is 13.7 Å². The van der Waals surface area contributed by atoms with Crippen LogP contribution >= 0.6 is 15.9 Å². The highest BCUT2D eigenvalue weighted by Gasteiger charge is 2.30. The predicted molar refractivity (Wildman–Crippen MR) is 91.7 cm³/mol. The first-order valence-electron chi connectivity index (χ1n) is 7.25. The van der Waals surface area contributed by atoms with Gasteiger partial charge in [-0.25, -0.2) is 4.39 Å². The molecule has 5 nitrogen and oxygen atoms in total. The summed E-state index contributed by atoms with van der Waals surface area (Å²) < 4.78 is 31.5. The molecule has 0 radical (unpaired) electrons. The van der Waals surface area contributed by atoms with Crippen LogP contribution in [0.1, 0.15) is 17.0 Å². The number of benzene rings is 2. The Morgan fingerprint density at radius 3 is 2.83 bits per heavy atom. The number of hydrogen-bond donors (Lipinski definition) is 2. The Labute approximate surface area is 147 Å². The lowest BCUT2D eigenvalue weighted by Gasteiger charge is -2.29. The van der Waals surface area contributed by atoms with Crippen LogP contribution in [0.3, 0.4) is 0 Å². The maximum atomic E-state index is 14.3. The first-order valence-corrected chi connectivity index (χ1v) is 8.04. The number of halogens is 2. The molecule has 2 aromatic rings. The summed E-state index contributed by atoms with van der Waals surface area (Å²) in [5, 5.41) is 7.27. The Bertz CT molecular complexity index is 798. The van der Waals surface area contributed by atoms with Crippen LogP contribution in [0.15, 0.2) is 34.8 Å². The fourth-order valence-corrected chi connectivity index (χ4v) is 3.16. The second-order valence-corrected chi connectivity index (χ2v) is 6.32. The largest absolute Gasteiger partial charge is 0.497 e. The van der Waals surface area contributed by atoms with Crippen LogP contribution in [0.25, 0.3) is 0 Å². The van der Waals surface area contributed by atoms with Gasteiger partial charge in [0.25, 0.3) is 0 Å². The van der Waals surface area contributed by atoms with Crippen LogP contribution in [0.2, 0.25) is 0 Å². The standard InChI is InChI=1S/C17H16BrFN2O3/c1-22-10-2-3-15-11(6-10)13(7-23-8-16(20)21)12-4-9(18)5-14(19)17(12)24-15/h2-6,13H,7-8H2,1H3,(H3,20,21). The SMILES string of the molecule is COc1ccc2c(c1)C(COCC(=N)N)c1cc(Br)cc(F)c1O2. The zero-order valence-electron chi connectivity index (χ0n) is 12.9. The van der Waals surface area contributed by atoms with Crippen molar-refractivity contribution in [3.05, 3.63) is 51.7 Å². The molecular weight excluding hydrogens is 379 g/mol. The Hall–Kier alpha value is -2.12. The molecule has 3 N–H and O–H groups in total. The number of nitrogens with one attached hydrogen (secondary N) is 1. The zero-order valence-corrected chi connectivity index (χ0v) is 14.5. The molecule has 24 heavy (non-hydrogen) atoms. The summed E-state index contributed by atoms with van der Waals surface area (Å²) in [5.74, 6) is 0.650. The van der Waals surface area contributed by atoms with Crippen molar-refractivity contribution in [1.82, 2.24) is 0 Å². The Balaban J connectivity index is 2.05.